The van der Waals surface area contributed by atoms with Crippen molar-refractivity contribution in [2.45, 2.75) is 26.7 Å². The average molecular weight is 261 g/mol. The molecule has 2 aromatic rings. The summed E-state index contributed by atoms with van der Waals surface area (Å²) in [5.74, 6) is 0. The zero-order valence-corrected chi connectivity index (χ0v) is 12.1. The molecule has 100 valence electrons. The summed E-state index contributed by atoms with van der Waals surface area (Å²) in [5, 5.41) is 0. The number of rotatable bonds is 2. The minimum Gasteiger partial charge on any atom is -0.257 e. The lowest BCUT2D eigenvalue weighted by atomic mass is 9.91. The Labute approximate surface area is 120 Å². The van der Waals surface area contributed by atoms with Gasteiger partial charge in [0.05, 0.1) is 5.69 Å². The number of benzene rings is 1. The third-order valence-corrected chi connectivity index (χ3v) is 3.66. The SMILES string of the molecule is Cc1cc(C)cc(C2=CCCC(c3ccccn3)=C2)c1. The molecule has 0 fully saturated rings. The first-order valence-corrected chi connectivity index (χ1v) is 7.13. The van der Waals surface area contributed by atoms with Gasteiger partial charge in [-0.25, -0.2) is 0 Å². The van der Waals surface area contributed by atoms with Gasteiger partial charge in [0, 0.05) is 6.20 Å². The Hall–Kier alpha value is -2.15. The fourth-order valence-corrected chi connectivity index (χ4v) is 2.80. The topological polar surface area (TPSA) is 12.9 Å². The van der Waals surface area contributed by atoms with Crippen molar-refractivity contribution in [1.82, 2.24) is 4.98 Å². The van der Waals surface area contributed by atoms with Crippen LogP contribution in [0.3, 0.4) is 0 Å². The van der Waals surface area contributed by atoms with E-state index in [1.165, 1.54) is 27.8 Å². The summed E-state index contributed by atoms with van der Waals surface area (Å²) >= 11 is 0. The van der Waals surface area contributed by atoms with Gasteiger partial charge in [-0.05, 0) is 61.6 Å². The molecule has 0 N–H and O–H groups in total. The van der Waals surface area contributed by atoms with E-state index in [4.69, 9.17) is 0 Å². The van der Waals surface area contributed by atoms with Crippen molar-refractivity contribution in [3.8, 4) is 0 Å². The number of allylic oxidation sites excluding steroid dienone is 4. The number of nitrogens with zero attached hydrogens (tertiary/aromatic N) is 1. The second-order valence-corrected chi connectivity index (χ2v) is 5.46. The van der Waals surface area contributed by atoms with Crippen LogP contribution in [0, 0.1) is 13.8 Å². The van der Waals surface area contributed by atoms with Crippen LogP contribution in [0.2, 0.25) is 0 Å². The molecule has 1 nitrogen and oxygen atoms in total. The third kappa shape index (κ3) is 2.72. The number of aromatic nitrogens is 1. The van der Waals surface area contributed by atoms with E-state index < -0.39 is 0 Å². The van der Waals surface area contributed by atoms with E-state index in [9.17, 15) is 0 Å². The smallest absolute Gasteiger partial charge is 0.0661 e. The minimum absolute atomic E-state index is 1.07. The molecule has 1 aliphatic carbocycles. The molecule has 0 spiro atoms. The van der Waals surface area contributed by atoms with Gasteiger partial charge >= 0.3 is 0 Å². The highest BCUT2D eigenvalue weighted by atomic mass is 14.7. The fourth-order valence-electron chi connectivity index (χ4n) is 2.80. The predicted molar refractivity (Wildman–Crippen MR) is 85.3 cm³/mol. The summed E-state index contributed by atoms with van der Waals surface area (Å²) in [6.07, 6.45) is 8.65. The zero-order valence-electron chi connectivity index (χ0n) is 12.1. The Morgan fingerprint density at radius 3 is 2.50 bits per heavy atom. The molecule has 0 radical (unpaired) electrons. The Balaban J connectivity index is 1.99. The molecule has 1 heteroatoms. The van der Waals surface area contributed by atoms with Crippen molar-refractivity contribution in [2.75, 3.05) is 0 Å². The highest BCUT2D eigenvalue weighted by Gasteiger charge is 2.10. The first-order valence-electron chi connectivity index (χ1n) is 7.13. The van der Waals surface area contributed by atoms with E-state index in [1.54, 1.807) is 0 Å². The van der Waals surface area contributed by atoms with E-state index in [2.05, 4.69) is 61.3 Å². The summed E-state index contributed by atoms with van der Waals surface area (Å²) in [6.45, 7) is 4.31. The van der Waals surface area contributed by atoms with E-state index >= 15 is 0 Å². The summed E-state index contributed by atoms with van der Waals surface area (Å²) in [6, 6.07) is 12.9. The van der Waals surface area contributed by atoms with Gasteiger partial charge in [-0.15, -0.1) is 0 Å². The Morgan fingerprint density at radius 1 is 1.00 bits per heavy atom. The number of hydrogen-bond acceptors (Lipinski definition) is 1. The van der Waals surface area contributed by atoms with Gasteiger partial charge in [0.1, 0.15) is 0 Å². The van der Waals surface area contributed by atoms with Crippen molar-refractivity contribution < 1.29 is 0 Å². The van der Waals surface area contributed by atoms with Gasteiger partial charge in [-0.3, -0.25) is 4.98 Å². The van der Waals surface area contributed by atoms with E-state index in [0.29, 0.717) is 0 Å². The number of aryl methyl sites for hydroxylation is 2. The molecule has 0 bridgehead atoms. The molecule has 0 unspecified atom stereocenters. The molecule has 0 aliphatic heterocycles. The Morgan fingerprint density at radius 2 is 1.80 bits per heavy atom. The summed E-state index contributed by atoms with van der Waals surface area (Å²) in [5.41, 5.74) is 7.71. The lowest BCUT2D eigenvalue weighted by Crippen LogP contribution is -1.95. The van der Waals surface area contributed by atoms with Crippen molar-refractivity contribution in [3.63, 3.8) is 0 Å². The zero-order chi connectivity index (χ0) is 13.9. The monoisotopic (exact) mass is 261 g/mol. The lowest BCUT2D eigenvalue weighted by Gasteiger charge is -2.15. The van der Waals surface area contributed by atoms with Gasteiger partial charge in [0.25, 0.3) is 0 Å². The van der Waals surface area contributed by atoms with Crippen LogP contribution in [-0.2, 0) is 0 Å². The molecule has 0 saturated carbocycles. The first kappa shape index (κ1) is 12.9. The van der Waals surface area contributed by atoms with Crippen molar-refractivity contribution in [2.24, 2.45) is 0 Å². The van der Waals surface area contributed by atoms with Crippen LogP contribution in [0.25, 0.3) is 11.1 Å². The van der Waals surface area contributed by atoms with E-state index in [1.807, 2.05) is 12.3 Å². The fraction of sp³-hybridized carbons (Fsp3) is 0.211. The lowest BCUT2D eigenvalue weighted by molar-refractivity contribution is 1.04. The molecular weight excluding hydrogens is 242 g/mol. The number of hydrogen-bond donors (Lipinski definition) is 0. The Kier molecular flexibility index (Phi) is 3.51. The van der Waals surface area contributed by atoms with Crippen LogP contribution >= 0.6 is 0 Å². The van der Waals surface area contributed by atoms with Crippen molar-refractivity contribution in [1.29, 1.82) is 0 Å². The van der Waals surface area contributed by atoms with E-state index in [0.717, 1.165) is 18.5 Å². The molecule has 1 heterocycles. The summed E-state index contributed by atoms with van der Waals surface area (Å²) < 4.78 is 0. The number of pyridine rings is 1. The van der Waals surface area contributed by atoms with Crippen LogP contribution < -0.4 is 0 Å². The van der Waals surface area contributed by atoms with Crippen molar-refractivity contribution >= 4 is 11.1 Å². The van der Waals surface area contributed by atoms with Crippen LogP contribution in [0.15, 0.2) is 54.7 Å². The van der Waals surface area contributed by atoms with Gasteiger partial charge in [0.15, 0.2) is 0 Å². The molecular formula is C19H19N. The van der Waals surface area contributed by atoms with E-state index in [-0.39, 0.29) is 0 Å². The van der Waals surface area contributed by atoms with Gasteiger partial charge in [0.2, 0.25) is 0 Å². The quantitative estimate of drug-likeness (QED) is 0.744. The first-order chi connectivity index (χ1) is 9.72. The summed E-state index contributed by atoms with van der Waals surface area (Å²) in [4.78, 5) is 4.47. The molecule has 3 rings (SSSR count). The van der Waals surface area contributed by atoms with Crippen molar-refractivity contribution in [3.05, 3.63) is 77.1 Å². The van der Waals surface area contributed by atoms with Gasteiger partial charge < -0.3 is 0 Å². The molecule has 0 amide bonds. The van der Waals surface area contributed by atoms with Crippen LogP contribution in [0.5, 0.6) is 0 Å². The molecule has 1 aromatic carbocycles. The standard InChI is InChI=1S/C19H19N/c1-14-10-15(2)12-18(11-14)16-6-5-7-17(13-16)19-8-3-4-9-20-19/h3-4,6,8-13H,5,7H2,1-2H3. The van der Waals surface area contributed by atoms with Crippen LogP contribution in [0.1, 0.15) is 35.2 Å². The second-order valence-electron chi connectivity index (χ2n) is 5.46. The molecule has 0 atom stereocenters. The normalized spacial score (nSPS) is 14.7. The maximum absolute atomic E-state index is 4.47. The molecule has 20 heavy (non-hydrogen) atoms. The van der Waals surface area contributed by atoms with Crippen LogP contribution in [0.4, 0.5) is 0 Å². The van der Waals surface area contributed by atoms with Gasteiger partial charge in [-0.1, -0.05) is 41.5 Å². The maximum Gasteiger partial charge on any atom is 0.0661 e. The largest absolute Gasteiger partial charge is 0.257 e. The second kappa shape index (κ2) is 5.46. The molecule has 1 aromatic heterocycles. The third-order valence-electron chi connectivity index (χ3n) is 3.66. The average Bonchev–Trinajstić information content (AvgIpc) is 2.47. The highest BCUT2D eigenvalue weighted by Crippen LogP contribution is 2.30. The maximum atomic E-state index is 4.47. The molecule has 0 saturated heterocycles. The predicted octanol–water partition coefficient (Wildman–Crippen LogP) is 4.96. The molecule has 1 aliphatic rings. The van der Waals surface area contributed by atoms with Gasteiger partial charge in [-0.2, -0.15) is 0 Å². The minimum atomic E-state index is 1.07. The van der Waals surface area contributed by atoms with Crippen LogP contribution in [-0.4, -0.2) is 4.98 Å². The highest BCUT2D eigenvalue weighted by molar-refractivity contribution is 5.85. The Bertz CT molecular complexity index is 658. The summed E-state index contributed by atoms with van der Waals surface area (Å²) in [7, 11) is 0.